The summed E-state index contributed by atoms with van der Waals surface area (Å²) >= 11 is 2.86. The first-order chi connectivity index (χ1) is 6.86. The highest BCUT2D eigenvalue weighted by Crippen LogP contribution is 2.28. The van der Waals surface area contributed by atoms with Gasteiger partial charge in [-0.3, -0.25) is 4.79 Å². The van der Waals surface area contributed by atoms with Gasteiger partial charge in [0.05, 0.1) is 0 Å². The molecular weight excluding hydrogens is 310 g/mol. The van der Waals surface area contributed by atoms with Gasteiger partial charge in [-0.2, -0.15) is 0 Å². The molecule has 0 spiro atoms. The highest BCUT2D eigenvalue weighted by molar-refractivity contribution is 9.10. The maximum absolute atomic E-state index is 11.3. The number of amides is 1. The van der Waals surface area contributed by atoms with Gasteiger partial charge in [-0.15, -0.1) is 0 Å². The maximum Gasteiger partial charge on any atom is 0.287 e. The fraction of sp³-hybridized carbons (Fsp3) is 0.286. The lowest BCUT2D eigenvalue weighted by molar-refractivity contribution is 0.0927. The lowest BCUT2D eigenvalue weighted by Crippen LogP contribution is -2.21. The first kappa shape index (κ1) is 12.5. The molecule has 0 unspecified atom stereocenters. The van der Waals surface area contributed by atoms with Crippen LogP contribution in [0.25, 0.3) is 0 Å². The van der Waals surface area contributed by atoms with E-state index in [9.17, 15) is 13.2 Å². The second-order valence-corrected chi connectivity index (χ2v) is 5.80. The fourth-order valence-electron chi connectivity index (χ4n) is 0.878. The van der Waals surface area contributed by atoms with Gasteiger partial charge >= 0.3 is 0 Å². The van der Waals surface area contributed by atoms with Gasteiger partial charge in [0, 0.05) is 23.3 Å². The van der Waals surface area contributed by atoms with Crippen molar-refractivity contribution in [1.29, 1.82) is 0 Å². The van der Waals surface area contributed by atoms with Gasteiger partial charge in [-0.05, 0) is 22.9 Å². The zero-order chi connectivity index (χ0) is 11.6. The third-order valence-electron chi connectivity index (χ3n) is 1.48. The Morgan fingerprint density at radius 1 is 1.67 bits per heavy atom. The average molecular weight is 317 g/mol. The molecule has 1 aromatic rings. The summed E-state index contributed by atoms with van der Waals surface area (Å²) in [6.45, 7) is 2.15. The third-order valence-corrected chi connectivity index (χ3v) is 3.66. The fourth-order valence-corrected chi connectivity index (χ4v) is 2.91. The molecular formula is C7H7BrClNO4S. The van der Waals surface area contributed by atoms with Crippen LogP contribution < -0.4 is 5.32 Å². The Morgan fingerprint density at radius 2 is 2.27 bits per heavy atom. The lowest BCUT2D eigenvalue weighted by atomic mass is 10.4. The van der Waals surface area contributed by atoms with Gasteiger partial charge in [0.2, 0.25) is 0 Å². The zero-order valence-electron chi connectivity index (χ0n) is 7.58. The third kappa shape index (κ3) is 2.96. The maximum atomic E-state index is 11.3. The molecule has 0 aliphatic carbocycles. The Kier molecular flexibility index (Phi) is 3.80. The quantitative estimate of drug-likeness (QED) is 0.861. The smallest absolute Gasteiger partial charge is 0.287 e. The minimum absolute atomic E-state index is 0.0845. The first-order valence-corrected chi connectivity index (χ1v) is 6.98. The SMILES string of the molecule is CCNC(=O)c1cc(S(=O)(=O)Cl)c(Br)o1. The molecule has 5 nitrogen and oxygen atoms in total. The van der Waals surface area contributed by atoms with Crippen LogP contribution in [-0.4, -0.2) is 20.9 Å². The molecule has 0 bridgehead atoms. The van der Waals surface area contributed by atoms with Crippen molar-refractivity contribution in [3.63, 3.8) is 0 Å². The minimum Gasteiger partial charge on any atom is -0.443 e. The molecule has 0 aliphatic rings. The van der Waals surface area contributed by atoms with Crippen molar-refractivity contribution >= 4 is 41.6 Å². The Balaban J connectivity index is 3.12. The van der Waals surface area contributed by atoms with E-state index in [4.69, 9.17) is 15.1 Å². The van der Waals surface area contributed by atoms with Crippen LogP contribution in [0, 0.1) is 0 Å². The van der Waals surface area contributed by atoms with E-state index < -0.39 is 15.0 Å². The Labute approximate surface area is 99.3 Å². The molecule has 15 heavy (non-hydrogen) atoms. The lowest BCUT2D eigenvalue weighted by Gasteiger charge is -1.95. The van der Waals surface area contributed by atoms with E-state index >= 15 is 0 Å². The number of furan rings is 1. The molecule has 1 amide bonds. The molecule has 0 atom stereocenters. The molecule has 1 rings (SSSR count). The number of halogens is 2. The predicted molar refractivity (Wildman–Crippen MR) is 57.5 cm³/mol. The molecule has 0 aromatic carbocycles. The normalized spacial score (nSPS) is 11.4. The summed E-state index contributed by atoms with van der Waals surface area (Å²) in [4.78, 5) is 11.0. The van der Waals surface area contributed by atoms with Crippen LogP contribution in [0.4, 0.5) is 0 Å². The summed E-state index contributed by atoms with van der Waals surface area (Å²) in [6, 6.07) is 1.07. The number of rotatable bonds is 3. The van der Waals surface area contributed by atoms with E-state index in [1.54, 1.807) is 6.92 Å². The van der Waals surface area contributed by atoms with Gasteiger partial charge in [-0.1, -0.05) is 0 Å². The number of carbonyl (C=O) groups excluding carboxylic acids is 1. The van der Waals surface area contributed by atoms with Crippen LogP contribution in [0.1, 0.15) is 17.5 Å². The molecule has 1 heterocycles. The van der Waals surface area contributed by atoms with Crippen LogP contribution in [0.5, 0.6) is 0 Å². The largest absolute Gasteiger partial charge is 0.443 e. The van der Waals surface area contributed by atoms with Gasteiger partial charge < -0.3 is 9.73 Å². The highest BCUT2D eigenvalue weighted by Gasteiger charge is 2.22. The molecule has 0 saturated heterocycles. The molecule has 8 heteroatoms. The second-order valence-electron chi connectivity index (χ2n) is 2.55. The van der Waals surface area contributed by atoms with Crippen LogP contribution in [-0.2, 0) is 9.05 Å². The number of hydrogen-bond donors (Lipinski definition) is 1. The number of carbonyl (C=O) groups is 1. The topological polar surface area (TPSA) is 76.4 Å². The monoisotopic (exact) mass is 315 g/mol. The van der Waals surface area contributed by atoms with Crippen molar-refractivity contribution in [1.82, 2.24) is 5.32 Å². The summed E-state index contributed by atoms with van der Waals surface area (Å²) in [7, 11) is 1.20. The Hall–Kier alpha value is -0.530. The highest BCUT2D eigenvalue weighted by atomic mass is 79.9. The standard InChI is InChI=1S/C7H7BrClNO4S/c1-2-10-7(11)4-3-5(6(8)14-4)15(9,12)13/h3H,2H2,1H3,(H,10,11). The van der Waals surface area contributed by atoms with E-state index in [1.165, 1.54) is 0 Å². The van der Waals surface area contributed by atoms with Crippen LogP contribution in [0.2, 0.25) is 0 Å². The van der Waals surface area contributed by atoms with Gasteiger partial charge in [-0.25, -0.2) is 8.42 Å². The van der Waals surface area contributed by atoms with Crippen molar-refractivity contribution in [2.75, 3.05) is 6.54 Å². The van der Waals surface area contributed by atoms with Crippen molar-refractivity contribution in [3.05, 3.63) is 16.5 Å². The number of hydrogen-bond acceptors (Lipinski definition) is 4. The van der Waals surface area contributed by atoms with Gasteiger partial charge in [0.1, 0.15) is 4.90 Å². The minimum atomic E-state index is -3.91. The molecule has 0 aliphatic heterocycles. The summed E-state index contributed by atoms with van der Waals surface area (Å²) in [5, 5.41) is 2.46. The Bertz CT molecular complexity index is 481. The summed E-state index contributed by atoms with van der Waals surface area (Å²) in [6.07, 6.45) is 0. The zero-order valence-corrected chi connectivity index (χ0v) is 10.7. The van der Waals surface area contributed by atoms with Crippen molar-refractivity contribution in [2.24, 2.45) is 0 Å². The predicted octanol–water partition coefficient (Wildman–Crippen LogP) is 1.72. The molecule has 1 N–H and O–H groups in total. The Morgan fingerprint density at radius 3 is 2.67 bits per heavy atom. The van der Waals surface area contributed by atoms with Crippen molar-refractivity contribution < 1.29 is 17.6 Å². The van der Waals surface area contributed by atoms with Crippen molar-refractivity contribution in [3.8, 4) is 0 Å². The van der Waals surface area contributed by atoms with Gasteiger partial charge in [0.25, 0.3) is 15.0 Å². The van der Waals surface area contributed by atoms with Gasteiger partial charge in [0.15, 0.2) is 10.4 Å². The molecule has 1 aromatic heterocycles. The van der Waals surface area contributed by atoms with E-state index in [1.807, 2.05) is 0 Å². The van der Waals surface area contributed by atoms with E-state index in [-0.39, 0.29) is 15.3 Å². The molecule has 84 valence electrons. The van der Waals surface area contributed by atoms with E-state index in [2.05, 4.69) is 21.2 Å². The van der Waals surface area contributed by atoms with E-state index in [0.29, 0.717) is 6.54 Å². The molecule has 0 radical (unpaired) electrons. The van der Waals surface area contributed by atoms with Crippen LogP contribution >= 0.6 is 26.6 Å². The first-order valence-electron chi connectivity index (χ1n) is 3.88. The summed E-state index contributed by atoms with van der Waals surface area (Å²) in [5.41, 5.74) is 0. The number of nitrogens with one attached hydrogen (secondary N) is 1. The van der Waals surface area contributed by atoms with Crippen LogP contribution in [0.15, 0.2) is 20.0 Å². The molecule has 0 saturated carbocycles. The molecule has 0 fully saturated rings. The van der Waals surface area contributed by atoms with E-state index in [0.717, 1.165) is 6.07 Å². The average Bonchev–Trinajstić information content (AvgIpc) is 2.47. The van der Waals surface area contributed by atoms with Crippen LogP contribution in [0.3, 0.4) is 0 Å². The van der Waals surface area contributed by atoms with Crippen molar-refractivity contribution in [2.45, 2.75) is 11.8 Å². The second kappa shape index (κ2) is 4.54. The summed E-state index contributed by atoms with van der Waals surface area (Å²) in [5.74, 6) is -0.604. The summed E-state index contributed by atoms with van der Waals surface area (Å²) < 4.78 is 26.8.